The zero-order valence-electron chi connectivity index (χ0n) is 18.0. The molecule has 0 saturated heterocycles. The maximum Gasteiger partial charge on any atom is 0.206 e. The monoisotopic (exact) mass is 448 g/mol. The lowest BCUT2D eigenvalue weighted by Gasteiger charge is -2.11. The van der Waals surface area contributed by atoms with E-state index in [2.05, 4.69) is 4.98 Å². The highest BCUT2D eigenvalue weighted by Gasteiger charge is 2.20. The number of sulfone groups is 1. The topological polar surface area (TPSA) is 77.7 Å². The van der Waals surface area contributed by atoms with Crippen LogP contribution in [0, 0.1) is 6.92 Å². The summed E-state index contributed by atoms with van der Waals surface area (Å²) in [6.45, 7) is 4.16. The number of ether oxygens (including phenoxy) is 1. The Kier molecular flexibility index (Phi) is 6.10. The second-order valence-electron chi connectivity index (χ2n) is 7.54. The zero-order valence-corrected chi connectivity index (χ0v) is 18.8. The molecule has 0 aliphatic carbocycles. The third-order valence-corrected chi connectivity index (χ3v) is 7.26. The summed E-state index contributed by atoms with van der Waals surface area (Å²) in [6, 6.07) is 15.3. The van der Waals surface area contributed by atoms with Crippen LogP contribution in [-0.2, 0) is 16.3 Å². The standard InChI is InChI=1S/C25H24N2O4S/c1-3-31-21-8-12-24(18(2)16-21)32(29,30)22-9-4-19(5-10-22)6-11-23(28)20-7-13-25-26-14-15-27(25)17-20/h4-5,7-10,12-17H,3,6,11H2,1-2H3. The van der Waals surface area contributed by atoms with Gasteiger partial charge in [0.25, 0.3) is 0 Å². The van der Waals surface area contributed by atoms with E-state index in [9.17, 15) is 13.2 Å². The molecule has 0 bridgehead atoms. The van der Waals surface area contributed by atoms with Crippen molar-refractivity contribution in [3.63, 3.8) is 0 Å². The van der Waals surface area contributed by atoms with Crippen molar-refractivity contribution in [2.45, 2.75) is 36.5 Å². The molecule has 32 heavy (non-hydrogen) atoms. The molecule has 0 unspecified atom stereocenters. The Morgan fingerprint density at radius 2 is 1.84 bits per heavy atom. The summed E-state index contributed by atoms with van der Waals surface area (Å²) in [5.74, 6) is 0.679. The first-order valence-corrected chi connectivity index (χ1v) is 11.9. The molecule has 0 aliphatic heterocycles. The number of carbonyl (C=O) groups is 1. The molecule has 0 spiro atoms. The van der Waals surface area contributed by atoms with Crippen molar-refractivity contribution in [2.24, 2.45) is 0 Å². The molecule has 6 nitrogen and oxygen atoms in total. The number of aryl methyl sites for hydroxylation is 2. The highest BCUT2D eigenvalue weighted by molar-refractivity contribution is 7.91. The van der Waals surface area contributed by atoms with Gasteiger partial charge >= 0.3 is 0 Å². The Hall–Kier alpha value is -3.45. The van der Waals surface area contributed by atoms with Crippen molar-refractivity contribution in [2.75, 3.05) is 6.61 Å². The molecule has 2 aromatic heterocycles. The maximum absolute atomic E-state index is 13.1. The molecule has 0 radical (unpaired) electrons. The molecule has 0 fully saturated rings. The second-order valence-corrected chi connectivity index (χ2v) is 9.46. The minimum Gasteiger partial charge on any atom is -0.494 e. The summed E-state index contributed by atoms with van der Waals surface area (Å²) in [6.07, 6.45) is 6.14. The first kappa shape index (κ1) is 21.8. The van der Waals surface area contributed by atoms with E-state index in [0.29, 0.717) is 36.3 Å². The van der Waals surface area contributed by atoms with E-state index < -0.39 is 9.84 Å². The average Bonchev–Trinajstić information content (AvgIpc) is 3.26. The minimum atomic E-state index is -3.64. The summed E-state index contributed by atoms with van der Waals surface area (Å²) in [5, 5.41) is 0. The number of Topliss-reactive ketones (excluding diaryl/α,β-unsaturated/α-hetero) is 1. The second kappa shape index (κ2) is 8.96. The number of aromatic nitrogens is 2. The van der Waals surface area contributed by atoms with Gasteiger partial charge in [-0.2, -0.15) is 0 Å². The van der Waals surface area contributed by atoms with E-state index >= 15 is 0 Å². The molecule has 2 aromatic carbocycles. The van der Waals surface area contributed by atoms with Crippen molar-refractivity contribution in [3.05, 3.63) is 89.9 Å². The normalized spacial score (nSPS) is 11.6. The van der Waals surface area contributed by atoms with Gasteiger partial charge in [-0.1, -0.05) is 12.1 Å². The Bertz CT molecular complexity index is 1370. The van der Waals surface area contributed by atoms with Crippen LogP contribution in [0.3, 0.4) is 0 Å². The first-order chi connectivity index (χ1) is 15.4. The van der Waals surface area contributed by atoms with Crippen molar-refractivity contribution >= 4 is 21.3 Å². The van der Waals surface area contributed by atoms with Crippen LogP contribution >= 0.6 is 0 Å². The van der Waals surface area contributed by atoms with Crippen molar-refractivity contribution in [3.8, 4) is 5.75 Å². The van der Waals surface area contributed by atoms with Gasteiger partial charge in [-0.15, -0.1) is 0 Å². The van der Waals surface area contributed by atoms with E-state index in [-0.39, 0.29) is 15.6 Å². The lowest BCUT2D eigenvalue weighted by Crippen LogP contribution is -2.05. The minimum absolute atomic E-state index is 0.0299. The van der Waals surface area contributed by atoms with E-state index in [0.717, 1.165) is 11.2 Å². The molecule has 4 rings (SSSR count). The van der Waals surface area contributed by atoms with Crippen LogP contribution in [0.5, 0.6) is 5.75 Å². The van der Waals surface area contributed by atoms with Crippen LogP contribution in [0.2, 0.25) is 0 Å². The number of benzene rings is 2. The fourth-order valence-corrected chi connectivity index (χ4v) is 5.11. The zero-order chi connectivity index (χ0) is 22.7. The lowest BCUT2D eigenvalue weighted by molar-refractivity contribution is 0.0982. The molecule has 0 aliphatic rings. The highest BCUT2D eigenvalue weighted by Crippen LogP contribution is 2.27. The van der Waals surface area contributed by atoms with Gasteiger partial charge in [-0.3, -0.25) is 4.79 Å². The molecule has 4 aromatic rings. The lowest BCUT2D eigenvalue weighted by atomic mass is 10.0. The third-order valence-electron chi connectivity index (χ3n) is 5.33. The van der Waals surface area contributed by atoms with Crippen molar-refractivity contribution in [1.29, 1.82) is 0 Å². The van der Waals surface area contributed by atoms with Crippen LogP contribution < -0.4 is 4.74 Å². The number of hydrogen-bond donors (Lipinski definition) is 0. The molecule has 0 atom stereocenters. The van der Waals surface area contributed by atoms with Crippen molar-refractivity contribution < 1.29 is 17.9 Å². The number of imidazole rings is 1. The van der Waals surface area contributed by atoms with E-state index in [4.69, 9.17) is 4.74 Å². The molecule has 0 saturated carbocycles. The van der Waals surface area contributed by atoms with Crippen LogP contribution in [0.4, 0.5) is 0 Å². The van der Waals surface area contributed by atoms with E-state index in [1.165, 1.54) is 0 Å². The number of hydrogen-bond acceptors (Lipinski definition) is 5. The predicted octanol–water partition coefficient (Wildman–Crippen LogP) is 4.69. The van der Waals surface area contributed by atoms with Gasteiger partial charge in [0, 0.05) is 30.6 Å². The van der Waals surface area contributed by atoms with Gasteiger partial charge in [0.05, 0.1) is 16.4 Å². The van der Waals surface area contributed by atoms with Crippen LogP contribution in [0.1, 0.15) is 34.8 Å². The van der Waals surface area contributed by atoms with E-state index in [1.54, 1.807) is 74.0 Å². The Morgan fingerprint density at radius 3 is 2.56 bits per heavy atom. The van der Waals surface area contributed by atoms with Crippen LogP contribution in [0.15, 0.2) is 83.0 Å². The van der Waals surface area contributed by atoms with Gasteiger partial charge in [-0.25, -0.2) is 13.4 Å². The number of fused-ring (bicyclic) bond motifs is 1. The number of rotatable bonds is 8. The quantitative estimate of drug-likeness (QED) is 0.366. The summed E-state index contributed by atoms with van der Waals surface area (Å²) in [4.78, 5) is 17.2. The molecular formula is C25H24N2O4S. The van der Waals surface area contributed by atoms with Gasteiger partial charge in [0.2, 0.25) is 9.84 Å². The molecule has 7 heteroatoms. The van der Waals surface area contributed by atoms with Crippen LogP contribution in [0.25, 0.3) is 5.65 Å². The summed E-state index contributed by atoms with van der Waals surface area (Å²) in [7, 11) is -3.64. The number of pyridine rings is 1. The summed E-state index contributed by atoms with van der Waals surface area (Å²) >= 11 is 0. The molecule has 0 amide bonds. The fraction of sp³-hybridized carbons (Fsp3) is 0.200. The fourth-order valence-electron chi connectivity index (χ4n) is 3.63. The Morgan fingerprint density at radius 1 is 1.06 bits per heavy atom. The summed E-state index contributed by atoms with van der Waals surface area (Å²) < 4.78 is 33.4. The van der Waals surface area contributed by atoms with Gasteiger partial charge in [0.15, 0.2) is 5.78 Å². The Labute approximate surface area is 187 Å². The average molecular weight is 449 g/mol. The molecule has 164 valence electrons. The van der Waals surface area contributed by atoms with Crippen LogP contribution in [-0.4, -0.2) is 30.2 Å². The maximum atomic E-state index is 13.1. The van der Waals surface area contributed by atoms with Gasteiger partial charge in [0.1, 0.15) is 11.4 Å². The molecule has 2 heterocycles. The largest absolute Gasteiger partial charge is 0.494 e. The van der Waals surface area contributed by atoms with E-state index in [1.807, 2.05) is 17.4 Å². The SMILES string of the molecule is CCOc1ccc(S(=O)(=O)c2ccc(CCC(=O)c3ccc4nccn4c3)cc2)c(C)c1. The smallest absolute Gasteiger partial charge is 0.206 e. The number of ketones is 1. The molecule has 0 N–H and O–H groups in total. The number of carbonyl (C=O) groups excluding carboxylic acids is 1. The predicted molar refractivity (Wildman–Crippen MR) is 122 cm³/mol. The van der Waals surface area contributed by atoms with Crippen molar-refractivity contribution in [1.82, 2.24) is 9.38 Å². The van der Waals surface area contributed by atoms with Gasteiger partial charge < -0.3 is 9.14 Å². The molecular weight excluding hydrogens is 424 g/mol. The third kappa shape index (κ3) is 4.43. The first-order valence-electron chi connectivity index (χ1n) is 10.4. The number of nitrogens with zero attached hydrogens (tertiary/aromatic N) is 2. The van der Waals surface area contributed by atoms with Gasteiger partial charge in [-0.05, 0) is 73.9 Å². The highest BCUT2D eigenvalue weighted by atomic mass is 32.2. The Balaban J connectivity index is 1.46. The summed E-state index contributed by atoms with van der Waals surface area (Å²) in [5.41, 5.74) is 2.96.